The number of benzene rings is 2. The van der Waals surface area contributed by atoms with E-state index in [4.69, 9.17) is 9.47 Å². The molecule has 0 aliphatic carbocycles. The fraction of sp³-hybridized carbons (Fsp3) is 0.400. The Hall–Kier alpha value is -2.84. The van der Waals surface area contributed by atoms with Crippen LogP contribution < -0.4 is 14.8 Å². The average molecular weight is 471 g/mol. The Morgan fingerprint density at radius 2 is 1.91 bits per heavy atom. The molecule has 2 aromatic carbocycles. The third-order valence-electron chi connectivity index (χ3n) is 5.67. The van der Waals surface area contributed by atoms with Crippen LogP contribution >= 0.6 is 0 Å². The summed E-state index contributed by atoms with van der Waals surface area (Å²) in [5.74, 6) is 0.950. The minimum absolute atomic E-state index is 0.130. The smallest absolute Gasteiger partial charge is 0.248 e. The summed E-state index contributed by atoms with van der Waals surface area (Å²) in [6.07, 6.45) is 6.64. The number of ether oxygens (including phenoxy) is 2. The summed E-state index contributed by atoms with van der Waals surface area (Å²) >= 11 is 0. The number of nitrogens with one attached hydrogen (secondary N) is 1. The lowest BCUT2D eigenvalue weighted by Crippen LogP contribution is -2.35. The van der Waals surface area contributed by atoms with E-state index in [1.165, 1.54) is 16.4 Å². The van der Waals surface area contributed by atoms with E-state index < -0.39 is 10.0 Å². The Kier molecular flexibility index (Phi) is 7.05. The highest BCUT2D eigenvalue weighted by Gasteiger charge is 2.27. The fourth-order valence-electron chi connectivity index (χ4n) is 4.03. The molecule has 2 aliphatic heterocycles. The maximum absolute atomic E-state index is 13.1. The van der Waals surface area contributed by atoms with Crippen molar-refractivity contribution in [2.45, 2.75) is 50.5 Å². The molecule has 8 heteroatoms. The van der Waals surface area contributed by atoms with Crippen LogP contribution in [0.3, 0.4) is 0 Å². The van der Waals surface area contributed by atoms with Gasteiger partial charge in [0.1, 0.15) is 11.5 Å². The van der Waals surface area contributed by atoms with Crippen LogP contribution in [0.15, 0.2) is 47.4 Å². The van der Waals surface area contributed by atoms with Gasteiger partial charge in [0.25, 0.3) is 0 Å². The van der Waals surface area contributed by atoms with Gasteiger partial charge >= 0.3 is 0 Å². The van der Waals surface area contributed by atoms with Crippen LogP contribution in [-0.4, -0.2) is 44.4 Å². The molecule has 1 fully saturated rings. The first-order chi connectivity index (χ1) is 15.8. The molecule has 2 aliphatic rings. The number of fused-ring (bicyclic) bond motifs is 1. The van der Waals surface area contributed by atoms with Gasteiger partial charge in [-0.15, -0.1) is 0 Å². The van der Waals surface area contributed by atoms with Crippen molar-refractivity contribution in [1.82, 2.24) is 4.31 Å². The average Bonchev–Trinajstić information content (AvgIpc) is 3.27. The maximum Gasteiger partial charge on any atom is 0.248 e. The van der Waals surface area contributed by atoms with E-state index in [9.17, 15) is 13.2 Å². The highest BCUT2D eigenvalue weighted by Crippen LogP contribution is 2.31. The normalized spacial score (nSPS) is 16.6. The second-order valence-electron chi connectivity index (χ2n) is 8.58. The molecule has 1 N–H and O–H groups in total. The zero-order valence-corrected chi connectivity index (χ0v) is 19.9. The molecule has 33 heavy (non-hydrogen) atoms. The van der Waals surface area contributed by atoms with Gasteiger partial charge in [-0.05, 0) is 74.2 Å². The molecule has 0 spiro atoms. The van der Waals surface area contributed by atoms with Gasteiger partial charge in [0.2, 0.25) is 15.9 Å². The molecule has 0 atom stereocenters. The van der Waals surface area contributed by atoms with Crippen LogP contribution in [0, 0.1) is 0 Å². The molecule has 0 bridgehead atoms. The first-order valence-corrected chi connectivity index (χ1v) is 12.8. The molecule has 0 unspecified atom stereocenters. The molecule has 176 valence electrons. The molecule has 0 radical (unpaired) electrons. The molecule has 4 rings (SSSR count). The quantitative estimate of drug-likeness (QED) is 0.612. The van der Waals surface area contributed by atoms with E-state index in [1.807, 2.05) is 32.0 Å². The summed E-state index contributed by atoms with van der Waals surface area (Å²) in [6, 6.07) is 10.4. The summed E-state index contributed by atoms with van der Waals surface area (Å²) in [4.78, 5) is 12.8. The van der Waals surface area contributed by atoms with Gasteiger partial charge in [-0.3, -0.25) is 4.79 Å². The summed E-state index contributed by atoms with van der Waals surface area (Å²) in [5, 5.41) is 2.80. The molecule has 0 aromatic heterocycles. The van der Waals surface area contributed by atoms with E-state index in [1.54, 1.807) is 18.2 Å². The van der Waals surface area contributed by atoms with Gasteiger partial charge in [-0.1, -0.05) is 12.5 Å². The Bertz CT molecular complexity index is 1150. The number of amides is 1. The van der Waals surface area contributed by atoms with Gasteiger partial charge in [-0.2, -0.15) is 4.31 Å². The number of hydrogen-bond donors (Lipinski definition) is 1. The van der Waals surface area contributed by atoms with Crippen LogP contribution in [-0.2, 0) is 21.2 Å². The van der Waals surface area contributed by atoms with E-state index in [-0.39, 0.29) is 16.9 Å². The molecule has 1 saturated heterocycles. The minimum Gasteiger partial charge on any atom is -0.493 e. The zero-order valence-electron chi connectivity index (χ0n) is 19.0. The Morgan fingerprint density at radius 3 is 2.67 bits per heavy atom. The molecule has 1 amide bonds. The highest BCUT2D eigenvalue weighted by atomic mass is 32.2. The molecule has 0 saturated carbocycles. The molecule has 2 heterocycles. The highest BCUT2D eigenvalue weighted by molar-refractivity contribution is 7.89. The summed E-state index contributed by atoms with van der Waals surface area (Å²) in [7, 11) is -3.63. The number of nitrogens with zero attached hydrogens (tertiary/aromatic N) is 1. The van der Waals surface area contributed by atoms with Crippen LogP contribution in [0.1, 0.15) is 44.2 Å². The van der Waals surface area contributed by atoms with Crippen LogP contribution in [0.25, 0.3) is 6.08 Å². The van der Waals surface area contributed by atoms with Gasteiger partial charge in [0.15, 0.2) is 0 Å². The van der Waals surface area contributed by atoms with Crippen molar-refractivity contribution in [1.29, 1.82) is 0 Å². The summed E-state index contributed by atoms with van der Waals surface area (Å²) in [6.45, 7) is 5.47. The molecular formula is C25H30N2O5S. The van der Waals surface area contributed by atoms with Gasteiger partial charge in [0.05, 0.1) is 23.3 Å². The second-order valence-corrected chi connectivity index (χ2v) is 10.5. The van der Waals surface area contributed by atoms with Crippen molar-refractivity contribution in [3.8, 4) is 11.5 Å². The molecule has 7 nitrogen and oxygen atoms in total. The van der Waals surface area contributed by atoms with Crippen LogP contribution in [0.5, 0.6) is 11.5 Å². The number of anilines is 1. The number of sulfonamides is 1. The first kappa shape index (κ1) is 23.3. The number of carbonyl (C=O) groups is 1. The monoisotopic (exact) mass is 470 g/mol. The maximum atomic E-state index is 13.1. The third kappa shape index (κ3) is 5.57. The molecule has 2 aromatic rings. The lowest BCUT2D eigenvalue weighted by atomic mass is 10.1. The Balaban J connectivity index is 1.55. The van der Waals surface area contributed by atoms with Crippen molar-refractivity contribution in [3.05, 3.63) is 53.6 Å². The molecular weight excluding hydrogens is 440 g/mol. The predicted octanol–water partition coefficient (Wildman–Crippen LogP) is 4.24. The lowest BCUT2D eigenvalue weighted by Gasteiger charge is -2.26. The third-order valence-corrected chi connectivity index (χ3v) is 7.56. The standard InChI is InChI=1S/C25H30N2O5S/c1-18(2)32-24-10-8-21(33(29,30)27-13-4-3-5-14-27)17-22(24)26-25(28)11-7-19-6-9-23-20(16-19)12-15-31-23/h6-11,16-18H,3-5,12-15H2,1-2H3,(H,26,28)/b11-7+. The Morgan fingerprint density at radius 1 is 1.12 bits per heavy atom. The largest absolute Gasteiger partial charge is 0.493 e. The van der Waals surface area contributed by atoms with E-state index in [0.29, 0.717) is 31.1 Å². The SMILES string of the molecule is CC(C)Oc1ccc(S(=O)(=O)N2CCCCC2)cc1NC(=O)/C=C/c1ccc2c(c1)CCO2. The minimum atomic E-state index is -3.63. The second kappa shape index (κ2) is 9.97. The summed E-state index contributed by atoms with van der Waals surface area (Å²) < 4.78 is 39.1. The van der Waals surface area contributed by atoms with Crippen molar-refractivity contribution < 1.29 is 22.7 Å². The zero-order chi connectivity index (χ0) is 23.4. The van der Waals surface area contributed by atoms with Crippen LogP contribution in [0.2, 0.25) is 0 Å². The fourth-order valence-corrected chi connectivity index (χ4v) is 5.58. The topological polar surface area (TPSA) is 84.9 Å². The predicted molar refractivity (Wildman–Crippen MR) is 128 cm³/mol. The van der Waals surface area contributed by atoms with Crippen molar-refractivity contribution >= 4 is 27.7 Å². The van der Waals surface area contributed by atoms with Gasteiger partial charge < -0.3 is 14.8 Å². The summed E-state index contributed by atoms with van der Waals surface area (Å²) in [5.41, 5.74) is 2.36. The number of rotatable bonds is 7. The number of hydrogen-bond acceptors (Lipinski definition) is 5. The van der Waals surface area contributed by atoms with Crippen molar-refractivity contribution in [2.75, 3.05) is 25.0 Å². The van der Waals surface area contributed by atoms with Gasteiger partial charge in [-0.25, -0.2) is 8.42 Å². The number of piperidine rings is 1. The first-order valence-electron chi connectivity index (χ1n) is 11.4. The van der Waals surface area contributed by atoms with Crippen LogP contribution in [0.4, 0.5) is 5.69 Å². The van der Waals surface area contributed by atoms with E-state index in [2.05, 4.69) is 5.32 Å². The van der Waals surface area contributed by atoms with Crippen molar-refractivity contribution in [3.63, 3.8) is 0 Å². The lowest BCUT2D eigenvalue weighted by molar-refractivity contribution is -0.111. The van der Waals surface area contributed by atoms with Gasteiger partial charge in [0, 0.05) is 25.6 Å². The van der Waals surface area contributed by atoms with Crippen molar-refractivity contribution in [2.24, 2.45) is 0 Å². The Labute approximate surface area is 195 Å². The van der Waals surface area contributed by atoms with E-state index in [0.717, 1.165) is 42.6 Å². The van der Waals surface area contributed by atoms with E-state index >= 15 is 0 Å². The number of carbonyl (C=O) groups excluding carboxylic acids is 1.